The minimum Gasteiger partial charge on any atom is -0.469 e. The molecule has 0 amide bonds. The molecule has 0 aromatic rings. The molecular formula is C6H11NO5. The summed E-state index contributed by atoms with van der Waals surface area (Å²) in [6.07, 6.45) is -1.56. The zero-order valence-corrected chi connectivity index (χ0v) is 6.89. The minimum absolute atomic E-state index is 0.402. The molecule has 0 bridgehead atoms. The number of aliphatic hydroxyl groups is 1. The number of hydrogen-bond donors (Lipinski definition) is 1. The third-order valence-electron chi connectivity index (χ3n) is 1.43. The molecule has 6 nitrogen and oxygen atoms in total. The summed E-state index contributed by atoms with van der Waals surface area (Å²) in [5, 5.41) is 19.1. The Kier molecular flexibility index (Phi) is 4.20. The van der Waals surface area contributed by atoms with Crippen molar-refractivity contribution >= 4 is 5.97 Å². The van der Waals surface area contributed by atoms with E-state index in [1.54, 1.807) is 0 Å². The predicted molar refractivity (Wildman–Crippen MR) is 39.1 cm³/mol. The Balaban J connectivity index is 4.14. The van der Waals surface area contributed by atoms with Crippen LogP contribution in [-0.2, 0) is 9.53 Å². The van der Waals surface area contributed by atoms with Crippen molar-refractivity contribution in [1.29, 1.82) is 0 Å². The molecule has 2 atom stereocenters. The third kappa shape index (κ3) is 3.29. The average molecular weight is 177 g/mol. The van der Waals surface area contributed by atoms with Crippen LogP contribution in [0.1, 0.15) is 13.3 Å². The number of nitrogens with zero attached hydrogens (tertiary/aromatic N) is 1. The molecule has 0 radical (unpaired) electrons. The van der Waals surface area contributed by atoms with E-state index in [1.165, 1.54) is 6.92 Å². The third-order valence-corrected chi connectivity index (χ3v) is 1.43. The Morgan fingerprint density at radius 3 is 2.50 bits per heavy atom. The van der Waals surface area contributed by atoms with E-state index in [0.717, 1.165) is 7.11 Å². The van der Waals surface area contributed by atoms with Crippen LogP contribution in [0, 0.1) is 10.1 Å². The Bertz CT molecular complexity index is 179. The molecule has 0 heterocycles. The Labute approximate surface area is 69.3 Å². The van der Waals surface area contributed by atoms with Crippen LogP contribution in [0.3, 0.4) is 0 Å². The molecule has 0 fully saturated rings. The first kappa shape index (κ1) is 10.8. The summed E-state index contributed by atoms with van der Waals surface area (Å²) in [6, 6.07) is -1.28. The molecule has 12 heavy (non-hydrogen) atoms. The first-order chi connectivity index (χ1) is 5.49. The first-order valence-corrected chi connectivity index (χ1v) is 3.37. The van der Waals surface area contributed by atoms with E-state index in [-0.39, 0.29) is 0 Å². The zero-order valence-electron chi connectivity index (χ0n) is 6.89. The van der Waals surface area contributed by atoms with Gasteiger partial charge in [0, 0.05) is 4.92 Å². The predicted octanol–water partition coefficient (Wildman–Crippen LogP) is -0.424. The molecule has 6 heteroatoms. The van der Waals surface area contributed by atoms with Gasteiger partial charge in [-0.15, -0.1) is 0 Å². The molecule has 0 aromatic heterocycles. The lowest BCUT2D eigenvalue weighted by molar-refractivity contribution is -0.532. The molecule has 70 valence electrons. The van der Waals surface area contributed by atoms with Crippen LogP contribution in [-0.4, -0.2) is 35.3 Å². The van der Waals surface area contributed by atoms with Gasteiger partial charge in [-0.05, 0) is 6.92 Å². The standard InChI is InChI=1S/C6H11NO5/c1-4(8)5(7(10)11)3-6(9)12-2/h4-5,8H,3H2,1-2H3. The van der Waals surface area contributed by atoms with Gasteiger partial charge in [0.1, 0.15) is 12.5 Å². The van der Waals surface area contributed by atoms with Gasteiger partial charge in [-0.25, -0.2) is 0 Å². The quantitative estimate of drug-likeness (QED) is 0.357. The molecule has 0 aromatic carbocycles. The van der Waals surface area contributed by atoms with Crippen LogP contribution in [0.5, 0.6) is 0 Å². The second-order valence-corrected chi connectivity index (χ2v) is 2.37. The Hall–Kier alpha value is -1.17. The molecule has 0 aliphatic carbocycles. The van der Waals surface area contributed by atoms with Crippen molar-refractivity contribution in [2.24, 2.45) is 0 Å². The molecule has 2 unspecified atom stereocenters. The maximum atomic E-state index is 10.6. The SMILES string of the molecule is COC(=O)CC(C(C)O)[N+](=O)[O-]. The van der Waals surface area contributed by atoms with E-state index in [2.05, 4.69) is 4.74 Å². The van der Waals surface area contributed by atoms with Crippen LogP contribution in [0.2, 0.25) is 0 Å². The fourth-order valence-electron chi connectivity index (χ4n) is 0.675. The van der Waals surface area contributed by atoms with E-state index in [4.69, 9.17) is 5.11 Å². The van der Waals surface area contributed by atoms with Crippen molar-refractivity contribution < 1.29 is 19.6 Å². The summed E-state index contributed by atoms with van der Waals surface area (Å²) in [5.74, 6) is -0.697. The molecule has 0 aliphatic rings. The molecule has 1 N–H and O–H groups in total. The van der Waals surface area contributed by atoms with E-state index < -0.39 is 29.5 Å². The van der Waals surface area contributed by atoms with Gasteiger partial charge >= 0.3 is 5.97 Å². The van der Waals surface area contributed by atoms with Gasteiger partial charge in [0.2, 0.25) is 6.04 Å². The lowest BCUT2D eigenvalue weighted by atomic mass is 10.1. The van der Waals surface area contributed by atoms with E-state index >= 15 is 0 Å². The second kappa shape index (κ2) is 4.66. The molecular weight excluding hydrogens is 166 g/mol. The number of esters is 1. The van der Waals surface area contributed by atoms with Crippen LogP contribution >= 0.6 is 0 Å². The first-order valence-electron chi connectivity index (χ1n) is 3.37. The fraction of sp³-hybridized carbons (Fsp3) is 0.833. The summed E-state index contributed by atoms with van der Waals surface area (Å²) in [4.78, 5) is 20.1. The van der Waals surface area contributed by atoms with Gasteiger partial charge in [0.25, 0.3) is 0 Å². The van der Waals surface area contributed by atoms with Crippen LogP contribution in [0.25, 0.3) is 0 Å². The Morgan fingerprint density at radius 2 is 2.25 bits per heavy atom. The molecule has 0 rings (SSSR count). The maximum absolute atomic E-state index is 10.6. The van der Waals surface area contributed by atoms with Crippen molar-refractivity contribution in [2.75, 3.05) is 7.11 Å². The largest absolute Gasteiger partial charge is 0.469 e. The summed E-state index contributed by atoms with van der Waals surface area (Å²) in [5.41, 5.74) is 0. The van der Waals surface area contributed by atoms with Crippen molar-refractivity contribution in [3.05, 3.63) is 10.1 Å². The number of carbonyl (C=O) groups is 1. The van der Waals surface area contributed by atoms with E-state index in [0.29, 0.717) is 0 Å². The molecule has 0 spiro atoms. The fourth-order valence-corrected chi connectivity index (χ4v) is 0.675. The molecule has 0 aliphatic heterocycles. The van der Waals surface area contributed by atoms with Crippen LogP contribution < -0.4 is 0 Å². The number of aliphatic hydroxyl groups excluding tert-OH is 1. The second-order valence-electron chi connectivity index (χ2n) is 2.37. The summed E-state index contributed by atoms with van der Waals surface area (Å²) < 4.78 is 4.23. The van der Waals surface area contributed by atoms with Crippen molar-refractivity contribution in [2.45, 2.75) is 25.5 Å². The summed E-state index contributed by atoms with van der Waals surface area (Å²) >= 11 is 0. The van der Waals surface area contributed by atoms with Gasteiger partial charge in [-0.2, -0.15) is 0 Å². The smallest absolute Gasteiger partial charge is 0.312 e. The maximum Gasteiger partial charge on any atom is 0.312 e. The topological polar surface area (TPSA) is 89.7 Å². The van der Waals surface area contributed by atoms with Gasteiger partial charge < -0.3 is 9.84 Å². The number of nitro groups is 1. The number of rotatable bonds is 4. The van der Waals surface area contributed by atoms with Gasteiger partial charge in [0.15, 0.2) is 0 Å². The highest BCUT2D eigenvalue weighted by atomic mass is 16.6. The number of hydrogen-bond acceptors (Lipinski definition) is 5. The minimum atomic E-state index is -1.28. The van der Waals surface area contributed by atoms with Gasteiger partial charge in [0.05, 0.1) is 7.11 Å². The zero-order chi connectivity index (χ0) is 9.72. The Morgan fingerprint density at radius 1 is 1.75 bits per heavy atom. The van der Waals surface area contributed by atoms with Crippen molar-refractivity contribution in [3.63, 3.8) is 0 Å². The van der Waals surface area contributed by atoms with Crippen LogP contribution in [0.15, 0.2) is 0 Å². The lowest BCUT2D eigenvalue weighted by Crippen LogP contribution is -2.33. The van der Waals surface area contributed by atoms with Crippen molar-refractivity contribution in [3.8, 4) is 0 Å². The van der Waals surface area contributed by atoms with Gasteiger partial charge in [-0.3, -0.25) is 14.9 Å². The summed E-state index contributed by atoms with van der Waals surface area (Å²) in [6.45, 7) is 1.26. The highest BCUT2D eigenvalue weighted by molar-refractivity contribution is 5.69. The highest BCUT2D eigenvalue weighted by Crippen LogP contribution is 2.03. The molecule has 0 saturated carbocycles. The summed E-state index contributed by atoms with van der Waals surface area (Å²) in [7, 11) is 1.14. The number of ether oxygens (including phenoxy) is 1. The molecule has 0 saturated heterocycles. The normalized spacial score (nSPS) is 14.9. The van der Waals surface area contributed by atoms with Gasteiger partial charge in [-0.1, -0.05) is 0 Å². The van der Waals surface area contributed by atoms with Crippen molar-refractivity contribution in [1.82, 2.24) is 0 Å². The van der Waals surface area contributed by atoms with Crippen LogP contribution in [0.4, 0.5) is 0 Å². The number of methoxy groups -OCH3 is 1. The monoisotopic (exact) mass is 177 g/mol. The highest BCUT2D eigenvalue weighted by Gasteiger charge is 2.29. The number of carbonyl (C=O) groups excluding carboxylic acids is 1. The lowest BCUT2D eigenvalue weighted by Gasteiger charge is -2.09. The average Bonchev–Trinajstić information content (AvgIpc) is 1.98. The van der Waals surface area contributed by atoms with E-state index in [9.17, 15) is 14.9 Å². The van der Waals surface area contributed by atoms with E-state index in [1.807, 2.05) is 0 Å².